The van der Waals surface area contributed by atoms with Gasteiger partial charge >= 0.3 is 0 Å². The van der Waals surface area contributed by atoms with Crippen molar-refractivity contribution in [3.05, 3.63) is 58.8 Å². The van der Waals surface area contributed by atoms with Crippen LogP contribution in [0, 0.1) is 18.3 Å². The van der Waals surface area contributed by atoms with Gasteiger partial charge in [0, 0.05) is 5.69 Å². The number of aromatic nitrogens is 1. The van der Waals surface area contributed by atoms with Crippen LogP contribution in [0.4, 0.5) is 5.69 Å². The third kappa shape index (κ3) is 3.47. The summed E-state index contributed by atoms with van der Waals surface area (Å²) in [6.07, 6.45) is 0.123. The number of hydrogen-bond acceptors (Lipinski definition) is 5. The minimum Gasteiger partial charge on any atom is -0.440 e. The van der Waals surface area contributed by atoms with Gasteiger partial charge in [-0.25, -0.2) is 4.98 Å². The van der Waals surface area contributed by atoms with Crippen molar-refractivity contribution in [2.24, 2.45) is 0 Å². The first-order valence-corrected chi connectivity index (χ1v) is 7.84. The van der Waals surface area contributed by atoms with Crippen LogP contribution >= 0.6 is 11.3 Å². The monoisotopic (exact) mass is 323 g/mol. The molecule has 0 aliphatic heterocycles. The molecule has 0 atom stereocenters. The van der Waals surface area contributed by atoms with Crippen LogP contribution in [0.1, 0.15) is 17.0 Å². The van der Waals surface area contributed by atoms with Gasteiger partial charge in [0.25, 0.3) is 0 Å². The number of thiophene rings is 1. The van der Waals surface area contributed by atoms with Crippen LogP contribution in [-0.4, -0.2) is 10.9 Å². The summed E-state index contributed by atoms with van der Waals surface area (Å²) >= 11 is 1.54. The summed E-state index contributed by atoms with van der Waals surface area (Å²) in [7, 11) is 0. The lowest BCUT2D eigenvalue weighted by atomic mass is 10.2. The van der Waals surface area contributed by atoms with E-state index in [1.807, 2.05) is 23.6 Å². The number of benzene rings is 1. The summed E-state index contributed by atoms with van der Waals surface area (Å²) in [6, 6.07) is 12.7. The number of nitrogens with one attached hydrogen (secondary N) is 1. The molecule has 0 radical (unpaired) electrons. The van der Waals surface area contributed by atoms with E-state index in [9.17, 15) is 4.79 Å². The summed E-state index contributed by atoms with van der Waals surface area (Å²) in [6.45, 7) is 1.79. The molecule has 5 nitrogen and oxygen atoms in total. The molecule has 0 bridgehead atoms. The number of carbonyl (C=O) groups is 1. The summed E-state index contributed by atoms with van der Waals surface area (Å²) in [5, 5.41) is 13.6. The molecule has 23 heavy (non-hydrogen) atoms. The molecular formula is C17H13N3O2S. The van der Waals surface area contributed by atoms with E-state index < -0.39 is 0 Å². The average molecular weight is 323 g/mol. The summed E-state index contributed by atoms with van der Waals surface area (Å²) in [5.41, 5.74) is 1.71. The minimum absolute atomic E-state index is 0.123. The molecule has 0 saturated carbocycles. The van der Waals surface area contributed by atoms with Gasteiger partial charge in [-0.1, -0.05) is 12.1 Å². The Kier molecular flexibility index (Phi) is 4.22. The van der Waals surface area contributed by atoms with E-state index in [1.165, 1.54) is 11.3 Å². The molecule has 0 spiro atoms. The number of anilines is 1. The quantitative estimate of drug-likeness (QED) is 0.793. The lowest BCUT2D eigenvalue weighted by molar-refractivity contribution is -0.115. The van der Waals surface area contributed by atoms with Crippen molar-refractivity contribution in [2.45, 2.75) is 13.3 Å². The van der Waals surface area contributed by atoms with Gasteiger partial charge < -0.3 is 9.73 Å². The minimum atomic E-state index is -0.200. The molecule has 1 amide bonds. The third-order valence-electron chi connectivity index (χ3n) is 3.23. The van der Waals surface area contributed by atoms with E-state index in [1.54, 1.807) is 31.2 Å². The maximum Gasteiger partial charge on any atom is 0.236 e. The summed E-state index contributed by atoms with van der Waals surface area (Å²) in [4.78, 5) is 17.5. The fourth-order valence-corrected chi connectivity index (χ4v) is 2.77. The summed E-state index contributed by atoms with van der Waals surface area (Å²) in [5.74, 6) is 0.968. The van der Waals surface area contributed by atoms with E-state index in [4.69, 9.17) is 9.68 Å². The van der Waals surface area contributed by atoms with Crippen LogP contribution < -0.4 is 5.32 Å². The van der Waals surface area contributed by atoms with E-state index in [-0.39, 0.29) is 12.3 Å². The molecule has 3 rings (SSSR count). The number of nitriles is 1. The second-order valence-corrected chi connectivity index (χ2v) is 5.86. The molecular weight excluding hydrogens is 310 g/mol. The van der Waals surface area contributed by atoms with Gasteiger partial charge in [0.1, 0.15) is 5.76 Å². The Morgan fingerprint density at radius 2 is 2.26 bits per heavy atom. The molecule has 2 heterocycles. The number of nitrogens with zero attached hydrogens (tertiary/aromatic N) is 2. The molecule has 0 saturated heterocycles. The Morgan fingerprint density at radius 1 is 1.39 bits per heavy atom. The molecule has 0 aliphatic carbocycles. The van der Waals surface area contributed by atoms with Crippen LogP contribution in [-0.2, 0) is 11.2 Å². The fraction of sp³-hybridized carbons (Fsp3) is 0.118. The number of amides is 1. The standard InChI is InChI=1S/C17H13N3O2S/c1-11-14(20-17(22-11)15-6-3-7-23-15)9-16(21)19-13-5-2-4-12(8-13)10-18/h2-8H,9H2,1H3,(H,19,21). The molecule has 0 fully saturated rings. The molecule has 2 aromatic heterocycles. The summed E-state index contributed by atoms with van der Waals surface area (Å²) < 4.78 is 5.62. The predicted octanol–water partition coefficient (Wildman–Crippen LogP) is 3.76. The van der Waals surface area contributed by atoms with Crippen molar-refractivity contribution in [1.82, 2.24) is 4.98 Å². The van der Waals surface area contributed by atoms with Crippen molar-refractivity contribution in [3.8, 4) is 16.8 Å². The molecule has 3 aromatic rings. The maximum absolute atomic E-state index is 12.2. The lowest BCUT2D eigenvalue weighted by Crippen LogP contribution is -2.15. The molecule has 6 heteroatoms. The van der Waals surface area contributed by atoms with E-state index in [0.29, 0.717) is 28.6 Å². The number of oxazole rings is 1. The van der Waals surface area contributed by atoms with Crippen molar-refractivity contribution in [1.29, 1.82) is 5.26 Å². The molecule has 1 N–H and O–H groups in total. The Labute approximate surface area is 137 Å². The van der Waals surface area contributed by atoms with Crippen molar-refractivity contribution in [3.63, 3.8) is 0 Å². The highest BCUT2D eigenvalue weighted by atomic mass is 32.1. The average Bonchev–Trinajstić information content (AvgIpc) is 3.18. The van der Waals surface area contributed by atoms with Crippen LogP contribution in [0.5, 0.6) is 0 Å². The van der Waals surface area contributed by atoms with Crippen LogP contribution in [0.25, 0.3) is 10.8 Å². The Balaban J connectivity index is 1.72. The highest BCUT2D eigenvalue weighted by Gasteiger charge is 2.15. The second-order valence-electron chi connectivity index (χ2n) is 4.92. The molecule has 0 aliphatic rings. The van der Waals surface area contributed by atoms with Gasteiger partial charge in [-0.05, 0) is 36.6 Å². The first-order valence-electron chi connectivity index (χ1n) is 6.96. The van der Waals surface area contributed by atoms with Crippen LogP contribution in [0.3, 0.4) is 0 Å². The van der Waals surface area contributed by atoms with Crippen LogP contribution in [0.15, 0.2) is 46.2 Å². The fourth-order valence-electron chi connectivity index (χ4n) is 2.12. The Morgan fingerprint density at radius 3 is 3.00 bits per heavy atom. The van der Waals surface area contributed by atoms with Gasteiger partial charge in [0.15, 0.2) is 0 Å². The highest BCUT2D eigenvalue weighted by molar-refractivity contribution is 7.13. The zero-order valence-corrected chi connectivity index (χ0v) is 13.2. The smallest absolute Gasteiger partial charge is 0.236 e. The second kappa shape index (κ2) is 6.46. The van der Waals surface area contributed by atoms with Gasteiger partial charge in [-0.3, -0.25) is 4.79 Å². The largest absolute Gasteiger partial charge is 0.440 e. The SMILES string of the molecule is Cc1oc(-c2cccs2)nc1CC(=O)Nc1cccc(C#N)c1. The van der Waals surface area contributed by atoms with Gasteiger partial charge in [0.05, 0.1) is 28.6 Å². The predicted molar refractivity (Wildman–Crippen MR) is 88.0 cm³/mol. The van der Waals surface area contributed by atoms with Crippen molar-refractivity contribution in [2.75, 3.05) is 5.32 Å². The Bertz CT molecular complexity index is 876. The highest BCUT2D eigenvalue weighted by Crippen LogP contribution is 2.26. The number of hydrogen-bond donors (Lipinski definition) is 1. The number of rotatable bonds is 4. The number of carbonyl (C=O) groups excluding carboxylic acids is 1. The molecule has 1 aromatic carbocycles. The lowest BCUT2D eigenvalue weighted by Gasteiger charge is -2.04. The van der Waals surface area contributed by atoms with E-state index >= 15 is 0 Å². The topological polar surface area (TPSA) is 78.9 Å². The zero-order chi connectivity index (χ0) is 16.2. The van der Waals surface area contributed by atoms with E-state index in [0.717, 1.165) is 4.88 Å². The zero-order valence-electron chi connectivity index (χ0n) is 12.4. The first-order chi connectivity index (χ1) is 11.2. The molecule has 114 valence electrons. The maximum atomic E-state index is 12.2. The first kappa shape index (κ1) is 15.0. The van der Waals surface area contributed by atoms with Crippen LogP contribution in [0.2, 0.25) is 0 Å². The van der Waals surface area contributed by atoms with Gasteiger partial charge in [0.2, 0.25) is 11.8 Å². The third-order valence-corrected chi connectivity index (χ3v) is 4.09. The number of aryl methyl sites for hydroxylation is 1. The van der Waals surface area contributed by atoms with E-state index in [2.05, 4.69) is 10.3 Å². The van der Waals surface area contributed by atoms with Gasteiger partial charge in [-0.2, -0.15) is 5.26 Å². The molecule has 0 unspecified atom stereocenters. The van der Waals surface area contributed by atoms with Crippen molar-refractivity contribution >= 4 is 22.9 Å². The van der Waals surface area contributed by atoms with Gasteiger partial charge in [-0.15, -0.1) is 11.3 Å². The van der Waals surface area contributed by atoms with Crippen molar-refractivity contribution < 1.29 is 9.21 Å². The normalized spacial score (nSPS) is 10.3. The Hall–Kier alpha value is -2.91.